The van der Waals surface area contributed by atoms with Gasteiger partial charge in [-0.2, -0.15) is 4.39 Å². The molecule has 0 fully saturated rings. The molecule has 0 amide bonds. The lowest BCUT2D eigenvalue weighted by Crippen LogP contribution is -2.08. The highest BCUT2D eigenvalue weighted by atomic mass is 127. The van der Waals surface area contributed by atoms with Crippen molar-refractivity contribution in [3.05, 3.63) is 50.9 Å². The molecule has 0 aliphatic heterocycles. The van der Waals surface area contributed by atoms with Crippen molar-refractivity contribution in [2.24, 2.45) is 5.92 Å². The molecule has 0 bridgehead atoms. The zero-order valence-corrected chi connectivity index (χ0v) is 14.1. The van der Waals surface area contributed by atoms with Crippen molar-refractivity contribution < 1.29 is 13.5 Å². The predicted molar refractivity (Wildman–Crippen MR) is 89.7 cm³/mol. The third kappa shape index (κ3) is 3.29. The first kappa shape index (κ1) is 15.0. The summed E-state index contributed by atoms with van der Waals surface area (Å²) < 4.78 is 34.8. The SMILES string of the molecule is Fc1c(OCC2C=CCC2)ccc(-c2ccc(I)s2)c1F. The second kappa shape index (κ2) is 6.44. The van der Waals surface area contributed by atoms with Gasteiger partial charge >= 0.3 is 0 Å². The molecule has 0 saturated heterocycles. The van der Waals surface area contributed by atoms with Crippen molar-refractivity contribution in [3.63, 3.8) is 0 Å². The molecular weight excluding hydrogens is 405 g/mol. The van der Waals surface area contributed by atoms with E-state index >= 15 is 0 Å². The Morgan fingerprint density at radius 1 is 1.19 bits per heavy atom. The molecule has 1 aliphatic carbocycles. The summed E-state index contributed by atoms with van der Waals surface area (Å²) in [5.41, 5.74) is 0.286. The maximum Gasteiger partial charge on any atom is 0.201 e. The van der Waals surface area contributed by atoms with E-state index in [4.69, 9.17) is 4.74 Å². The Labute approximate surface area is 139 Å². The fraction of sp³-hybridized carbons (Fsp3) is 0.250. The minimum atomic E-state index is -0.905. The summed E-state index contributed by atoms with van der Waals surface area (Å²) in [6, 6.07) is 6.78. The number of hydrogen-bond acceptors (Lipinski definition) is 2. The standard InChI is InChI=1S/C16H13F2IOS/c17-15-11(13-7-8-14(19)21-13)5-6-12(16(15)18)20-9-10-3-1-2-4-10/h1,3,5-8,10H,2,4,9H2. The van der Waals surface area contributed by atoms with Crippen LogP contribution in [0.3, 0.4) is 0 Å². The number of allylic oxidation sites excluding steroid dienone is 1. The van der Waals surface area contributed by atoms with Crippen LogP contribution in [0.15, 0.2) is 36.4 Å². The molecule has 1 aromatic carbocycles. The molecule has 2 aromatic rings. The summed E-state index contributed by atoms with van der Waals surface area (Å²) in [6.07, 6.45) is 6.19. The molecule has 0 spiro atoms. The van der Waals surface area contributed by atoms with Crippen molar-refractivity contribution in [2.45, 2.75) is 12.8 Å². The molecular formula is C16H13F2IOS. The van der Waals surface area contributed by atoms with E-state index < -0.39 is 11.6 Å². The molecule has 1 aliphatic rings. The van der Waals surface area contributed by atoms with Crippen molar-refractivity contribution in [3.8, 4) is 16.2 Å². The van der Waals surface area contributed by atoms with E-state index in [1.807, 2.05) is 6.07 Å². The first-order chi connectivity index (χ1) is 10.1. The Balaban J connectivity index is 1.80. The van der Waals surface area contributed by atoms with Gasteiger partial charge in [-0.25, -0.2) is 4.39 Å². The quantitative estimate of drug-likeness (QED) is 0.461. The van der Waals surface area contributed by atoms with Gasteiger partial charge in [0.25, 0.3) is 0 Å². The highest BCUT2D eigenvalue weighted by Crippen LogP contribution is 2.34. The Morgan fingerprint density at radius 3 is 2.71 bits per heavy atom. The lowest BCUT2D eigenvalue weighted by molar-refractivity contribution is 0.258. The molecule has 0 radical (unpaired) electrons. The van der Waals surface area contributed by atoms with Crippen LogP contribution in [0.1, 0.15) is 12.8 Å². The van der Waals surface area contributed by atoms with Crippen LogP contribution < -0.4 is 4.74 Å². The van der Waals surface area contributed by atoms with E-state index in [2.05, 4.69) is 34.7 Å². The van der Waals surface area contributed by atoms with Gasteiger partial charge in [-0.3, -0.25) is 0 Å². The number of halogens is 3. The van der Waals surface area contributed by atoms with Gasteiger partial charge in [-0.15, -0.1) is 11.3 Å². The number of hydrogen-bond donors (Lipinski definition) is 0. The number of benzene rings is 1. The average Bonchev–Trinajstić information content (AvgIpc) is 3.12. The summed E-state index contributed by atoms with van der Waals surface area (Å²) in [5, 5.41) is 0. The Morgan fingerprint density at radius 2 is 2.05 bits per heavy atom. The van der Waals surface area contributed by atoms with Crippen LogP contribution in [0.4, 0.5) is 8.78 Å². The van der Waals surface area contributed by atoms with Gasteiger partial charge in [0.05, 0.1) is 9.49 Å². The van der Waals surface area contributed by atoms with Gasteiger partial charge in [0.2, 0.25) is 5.82 Å². The predicted octanol–water partition coefficient (Wildman–Crippen LogP) is 5.64. The molecule has 21 heavy (non-hydrogen) atoms. The molecule has 3 rings (SSSR count). The molecule has 1 unspecified atom stereocenters. The second-order valence-corrected chi connectivity index (χ2v) is 7.90. The fourth-order valence-corrected chi connectivity index (χ4v) is 3.96. The highest BCUT2D eigenvalue weighted by Gasteiger charge is 2.18. The first-order valence-electron chi connectivity index (χ1n) is 6.68. The minimum Gasteiger partial charge on any atom is -0.490 e. The van der Waals surface area contributed by atoms with Crippen LogP contribution in [-0.2, 0) is 0 Å². The monoisotopic (exact) mass is 418 g/mol. The van der Waals surface area contributed by atoms with Crippen molar-refractivity contribution in [1.82, 2.24) is 0 Å². The van der Waals surface area contributed by atoms with Crippen LogP contribution in [0.5, 0.6) is 5.75 Å². The summed E-state index contributed by atoms with van der Waals surface area (Å²) >= 11 is 3.59. The van der Waals surface area contributed by atoms with Crippen LogP contribution >= 0.6 is 33.9 Å². The Kier molecular flexibility index (Phi) is 4.59. The Hall–Kier alpha value is -0.950. The van der Waals surface area contributed by atoms with Gasteiger partial charge in [0.1, 0.15) is 0 Å². The fourth-order valence-electron chi connectivity index (χ4n) is 2.32. The van der Waals surface area contributed by atoms with E-state index in [9.17, 15) is 8.78 Å². The van der Waals surface area contributed by atoms with E-state index in [0.29, 0.717) is 12.5 Å². The normalized spacial score (nSPS) is 17.4. The molecule has 5 heteroatoms. The van der Waals surface area contributed by atoms with Crippen molar-refractivity contribution in [1.29, 1.82) is 0 Å². The second-order valence-electron chi connectivity index (χ2n) is 4.92. The molecule has 1 aromatic heterocycles. The van der Waals surface area contributed by atoms with E-state index in [1.165, 1.54) is 17.4 Å². The van der Waals surface area contributed by atoms with Gasteiger partial charge in [-0.1, -0.05) is 12.2 Å². The van der Waals surface area contributed by atoms with Crippen molar-refractivity contribution in [2.75, 3.05) is 6.61 Å². The van der Waals surface area contributed by atoms with Crippen molar-refractivity contribution >= 4 is 33.9 Å². The molecule has 110 valence electrons. The largest absolute Gasteiger partial charge is 0.490 e. The number of ether oxygens (including phenoxy) is 1. The topological polar surface area (TPSA) is 9.23 Å². The van der Waals surface area contributed by atoms with Crippen LogP contribution in [-0.4, -0.2) is 6.61 Å². The highest BCUT2D eigenvalue weighted by molar-refractivity contribution is 14.1. The first-order valence-corrected chi connectivity index (χ1v) is 8.58. The van der Waals surface area contributed by atoms with Gasteiger partial charge in [-0.05, 0) is 59.7 Å². The van der Waals surface area contributed by atoms with Gasteiger partial charge < -0.3 is 4.74 Å². The van der Waals surface area contributed by atoms with Gasteiger partial charge in [0.15, 0.2) is 11.6 Å². The molecule has 1 nitrogen and oxygen atoms in total. The van der Waals surface area contributed by atoms with E-state index in [0.717, 1.165) is 20.6 Å². The lowest BCUT2D eigenvalue weighted by Gasteiger charge is -2.12. The minimum absolute atomic E-state index is 0.0113. The lowest BCUT2D eigenvalue weighted by atomic mass is 10.1. The maximum absolute atomic E-state index is 14.2. The smallest absolute Gasteiger partial charge is 0.201 e. The molecule has 1 heterocycles. The summed E-state index contributed by atoms with van der Waals surface area (Å²) in [7, 11) is 0. The average molecular weight is 418 g/mol. The maximum atomic E-state index is 14.2. The van der Waals surface area contributed by atoms with Crippen LogP contribution in [0, 0.1) is 20.4 Å². The molecule has 1 atom stereocenters. The number of thiophene rings is 1. The number of rotatable bonds is 4. The zero-order chi connectivity index (χ0) is 14.8. The summed E-state index contributed by atoms with van der Waals surface area (Å²) in [4.78, 5) is 0.723. The van der Waals surface area contributed by atoms with Crippen LogP contribution in [0.2, 0.25) is 0 Å². The van der Waals surface area contributed by atoms with Gasteiger partial charge in [0, 0.05) is 16.4 Å². The Bertz CT molecular complexity index is 681. The van der Waals surface area contributed by atoms with Crippen LogP contribution in [0.25, 0.3) is 10.4 Å². The third-order valence-electron chi connectivity index (χ3n) is 3.45. The van der Waals surface area contributed by atoms with E-state index in [1.54, 1.807) is 12.1 Å². The molecule has 0 N–H and O–H groups in total. The summed E-state index contributed by atoms with van der Waals surface area (Å²) in [5.74, 6) is -1.46. The third-order valence-corrected chi connectivity index (χ3v) is 5.38. The van der Waals surface area contributed by atoms with E-state index in [-0.39, 0.29) is 11.3 Å². The zero-order valence-electron chi connectivity index (χ0n) is 11.1. The molecule has 0 saturated carbocycles. The summed E-state index contributed by atoms with van der Waals surface area (Å²) in [6.45, 7) is 0.392.